The number of aromatic nitrogens is 2. The van der Waals surface area contributed by atoms with Crippen molar-refractivity contribution in [1.29, 1.82) is 0 Å². The molecule has 4 nitrogen and oxygen atoms in total. The van der Waals surface area contributed by atoms with Crippen LogP contribution in [0.5, 0.6) is 0 Å². The van der Waals surface area contributed by atoms with Crippen LogP contribution in [0, 0.1) is 4.77 Å². The van der Waals surface area contributed by atoms with Gasteiger partial charge < -0.3 is 15.3 Å². The highest BCUT2D eigenvalue weighted by Gasteiger charge is 2.06. The fourth-order valence-electron chi connectivity index (χ4n) is 1.91. The Morgan fingerprint density at radius 2 is 2.17 bits per heavy atom. The van der Waals surface area contributed by atoms with Crippen LogP contribution in [0.15, 0.2) is 18.2 Å². The lowest BCUT2D eigenvalue weighted by atomic mass is 10.2. The van der Waals surface area contributed by atoms with E-state index >= 15 is 0 Å². The largest absolute Gasteiger partial charge is 0.331 e. The number of anilines is 1. The van der Waals surface area contributed by atoms with E-state index in [0.29, 0.717) is 11.2 Å². The maximum Gasteiger partial charge on any atom is 0.224 e. The van der Waals surface area contributed by atoms with Gasteiger partial charge in [-0.25, -0.2) is 0 Å². The Hall–Kier alpha value is -1.62. The Morgan fingerprint density at radius 3 is 2.94 bits per heavy atom. The second kappa shape index (κ2) is 5.82. The molecule has 0 atom stereocenters. The highest BCUT2D eigenvalue weighted by atomic mass is 32.1. The van der Waals surface area contributed by atoms with Crippen molar-refractivity contribution in [2.24, 2.45) is 0 Å². The molecule has 0 aliphatic heterocycles. The summed E-state index contributed by atoms with van der Waals surface area (Å²) in [6, 6.07) is 5.69. The minimum absolute atomic E-state index is 0.0523. The van der Waals surface area contributed by atoms with Crippen LogP contribution >= 0.6 is 12.2 Å². The molecule has 3 N–H and O–H groups in total. The average Bonchev–Trinajstić information content (AvgIpc) is 2.71. The molecule has 0 bridgehead atoms. The molecule has 5 heteroatoms. The quantitative estimate of drug-likeness (QED) is 0.568. The predicted molar refractivity (Wildman–Crippen MR) is 76.3 cm³/mol. The lowest BCUT2D eigenvalue weighted by molar-refractivity contribution is -0.116. The molecule has 0 aliphatic carbocycles. The first kappa shape index (κ1) is 12.8. The summed E-state index contributed by atoms with van der Waals surface area (Å²) < 4.78 is 0.567. The summed E-state index contributed by atoms with van der Waals surface area (Å²) >= 11 is 5.05. The molecule has 0 saturated carbocycles. The zero-order valence-corrected chi connectivity index (χ0v) is 11.2. The van der Waals surface area contributed by atoms with E-state index < -0.39 is 0 Å². The fourth-order valence-corrected chi connectivity index (χ4v) is 2.12. The monoisotopic (exact) mass is 263 g/mol. The van der Waals surface area contributed by atoms with Gasteiger partial charge in [-0.1, -0.05) is 25.8 Å². The van der Waals surface area contributed by atoms with Gasteiger partial charge in [0.05, 0.1) is 16.7 Å². The minimum Gasteiger partial charge on any atom is -0.331 e. The van der Waals surface area contributed by atoms with E-state index in [-0.39, 0.29) is 5.91 Å². The van der Waals surface area contributed by atoms with Gasteiger partial charge in [-0.3, -0.25) is 4.79 Å². The first-order valence-corrected chi connectivity index (χ1v) is 6.62. The summed E-state index contributed by atoms with van der Waals surface area (Å²) in [5, 5.41) is 2.92. The van der Waals surface area contributed by atoms with Gasteiger partial charge in [0.1, 0.15) is 0 Å². The Labute approximate surface area is 111 Å². The van der Waals surface area contributed by atoms with E-state index in [4.69, 9.17) is 12.2 Å². The van der Waals surface area contributed by atoms with Crippen LogP contribution in [-0.4, -0.2) is 15.9 Å². The van der Waals surface area contributed by atoms with Crippen molar-refractivity contribution in [3.8, 4) is 0 Å². The van der Waals surface area contributed by atoms with Crippen molar-refractivity contribution in [2.75, 3.05) is 5.32 Å². The van der Waals surface area contributed by atoms with Crippen molar-refractivity contribution in [3.63, 3.8) is 0 Å². The molecule has 0 radical (unpaired) electrons. The van der Waals surface area contributed by atoms with Crippen molar-refractivity contribution < 1.29 is 4.79 Å². The molecule has 96 valence electrons. The Morgan fingerprint density at radius 1 is 1.33 bits per heavy atom. The summed E-state index contributed by atoms with van der Waals surface area (Å²) in [7, 11) is 0. The molecule has 2 aromatic rings. The lowest BCUT2D eigenvalue weighted by Crippen LogP contribution is -2.11. The number of amides is 1. The lowest BCUT2D eigenvalue weighted by Gasteiger charge is -2.05. The van der Waals surface area contributed by atoms with Crippen molar-refractivity contribution >= 4 is 34.8 Å². The number of carbonyl (C=O) groups is 1. The molecule has 0 aliphatic rings. The van der Waals surface area contributed by atoms with Crippen LogP contribution in [0.2, 0.25) is 0 Å². The van der Waals surface area contributed by atoms with E-state index in [1.807, 2.05) is 18.2 Å². The molecular formula is C13H17N3OS. The molecule has 1 amide bonds. The summed E-state index contributed by atoms with van der Waals surface area (Å²) in [6.45, 7) is 2.12. The van der Waals surface area contributed by atoms with E-state index in [1.54, 1.807) is 0 Å². The number of rotatable bonds is 5. The van der Waals surface area contributed by atoms with E-state index in [9.17, 15) is 4.79 Å². The number of fused-ring (bicyclic) bond motifs is 1. The maximum atomic E-state index is 11.8. The number of hydrogen-bond donors (Lipinski definition) is 3. The van der Waals surface area contributed by atoms with Gasteiger partial charge in [-0.2, -0.15) is 0 Å². The normalized spacial score (nSPS) is 10.7. The summed E-state index contributed by atoms with van der Waals surface area (Å²) in [6.07, 6.45) is 3.70. The number of nitrogens with one attached hydrogen (secondary N) is 3. The molecule has 1 heterocycles. The van der Waals surface area contributed by atoms with Crippen molar-refractivity contribution in [3.05, 3.63) is 23.0 Å². The zero-order chi connectivity index (χ0) is 13.0. The van der Waals surface area contributed by atoms with Crippen LogP contribution in [0.4, 0.5) is 5.69 Å². The minimum atomic E-state index is 0.0523. The van der Waals surface area contributed by atoms with Crippen LogP contribution in [0.1, 0.15) is 32.6 Å². The smallest absolute Gasteiger partial charge is 0.224 e. The third kappa shape index (κ3) is 2.98. The summed E-state index contributed by atoms with van der Waals surface area (Å²) in [5.74, 6) is 0.0523. The number of para-hydroxylation sites is 1. The third-order valence-electron chi connectivity index (χ3n) is 2.83. The van der Waals surface area contributed by atoms with Gasteiger partial charge in [-0.05, 0) is 30.8 Å². The third-order valence-corrected chi connectivity index (χ3v) is 3.04. The highest BCUT2D eigenvalue weighted by Crippen LogP contribution is 2.20. The van der Waals surface area contributed by atoms with Gasteiger partial charge in [0.2, 0.25) is 5.91 Å². The predicted octanol–water partition coefficient (Wildman–Crippen LogP) is 3.74. The fraction of sp³-hybridized carbons (Fsp3) is 0.385. The molecule has 0 spiro atoms. The highest BCUT2D eigenvalue weighted by molar-refractivity contribution is 7.71. The number of carbonyl (C=O) groups excluding carboxylic acids is 1. The Balaban J connectivity index is 2.11. The van der Waals surface area contributed by atoms with Crippen molar-refractivity contribution in [2.45, 2.75) is 32.6 Å². The standard InChI is InChI=1S/C13H17N3OS/c1-2-3-4-8-11(17)14-9-6-5-7-10-12(9)16-13(18)15-10/h5-7H,2-4,8H2,1H3,(H,14,17)(H2,15,16,18). The Kier molecular flexibility index (Phi) is 4.15. The maximum absolute atomic E-state index is 11.8. The zero-order valence-electron chi connectivity index (χ0n) is 10.4. The van der Waals surface area contributed by atoms with Crippen LogP contribution < -0.4 is 5.32 Å². The molecule has 0 saturated heterocycles. The number of imidazole rings is 1. The molecular weight excluding hydrogens is 246 g/mol. The summed E-state index contributed by atoms with van der Waals surface area (Å²) in [5.41, 5.74) is 2.54. The van der Waals surface area contributed by atoms with Crippen LogP contribution in [0.3, 0.4) is 0 Å². The molecule has 18 heavy (non-hydrogen) atoms. The SMILES string of the molecule is CCCCCC(=O)Nc1cccc2[nH]c(=S)[nH]c12. The van der Waals surface area contributed by atoms with Crippen LogP contribution in [0.25, 0.3) is 11.0 Å². The molecule has 1 aromatic heterocycles. The average molecular weight is 263 g/mol. The molecule has 1 aromatic carbocycles. The summed E-state index contributed by atoms with van der Waals surface area (Å²) in [4.78, 5) is 17.9. The topological polar surface area (TPSA) is 60.7 Å². The second-order valence-corrected chi connectivity index (χ2v) is 4.72. The number of benzene rings is 1. The van der Waals surface area contributed by atoms with Gasteiger partial charge in [0.15, 0.2) is 4.77 Å². The molecule has 2 rings (SSSR count). The number of unbranched alkanes of at least 4 members (excludes halogenated alkanes) is 2. The van der Waals surface area contributed by atoms with Gasteiger partial charge in [0.25, 0.3) is 0 Å². The van der Waals surface area contributed by atoms with Crippen LogP contribution in [-0.2, 0) is 4.79 Å². The van der Waals surface area contributed by atoms with Gasteiger partial charge in [0, 0.05) is 6.42 Å². The van der Waals surface area contributed by atoms with Crippen molar-refractivity contribution in [1.82, 2.24) is 9.97 Å². The first-order chi connectivity index (χ1) is 8.70. The molecule has 0 fully saturated rings. The number of H-pyrrole nitrogens is 2. The first-order valence-electron chi connectivity index (χ1n) is 6.21. The number of aromatic amines is 2. The van der Waals surface area contributed by atoms with E-state index in [2.05, 4.69) is 22.2 Å². The van der Waals surface area contributed by atoms with E-state index in [0.717, 1.165) is 36.0 Å². The molecule has 0 unspecified atom stereocenters. The van der Waals surface area contributed by atoms with Gasteiger partial charge in [-0.15, -0.1) is 0 Å². The van der Waals surface area contributed by atoms with Gasteiger partial charge >= 0.3 is 0 Å². The Bertz CT molecular complexity index is 600. The van der Waals surface area contributed by atoms with E-state index in [1.165, 1.54) is 0 Å². The number of hydrogen-bond acceptors (Lipinski definition) is 2. The second-order valence-electron chi connectivity index (χ2n) is 4.31.